The van der Waals surface area contributed by atoms with E-state index in [0.29, 0.717) is 17.8 Å². The second kappa shape index (κ2) is 5.65. The van der Waals surface area contributed by atoms with Crippen LogP contribution in [-0.2, 0) is 16.1 Å². The normalized spacial score (nSPS) is 17.0. The van der Waals surface area contributed by atoms with Gasteiger partial charge in [0.25, 0.3) is 0 Å². The predicted octanol–water partition coefficient (Wildman–Crippen LogP) is 2.63. The summed E-state index contributed by atoms with van der Waals surface area (Å²) in [5.74, 6) is -1.50. The topological polar surface area (TPSA) is 58.2 Å². The molecule has 2 heterocycles. The lowest BCUT2D eigenvalue weighted by molar-refractivity contribution is -0.126. The molecule has 0 spiro atoms. The van der Waals surface area contributed by atoms with Crippen LogP contribution in [0.2, 0.25) is 0 Å². The molecular weight excluding hydrogens is 291 g/mol. The highest BCUT2D eigenvalue weighted by atomic mass is 32.1. The van der Waals surface area contributed by atoms with Crippen molar-refractivity contribution in [3.63, 3.8) is 0 Å². The third kappa shape index (κ3) is 2.95. The molecule has 1 aromatic heterocycles. The van der Waals surface area contributed by atoms with Gasteiger partial charge in [-0.2, -0.15) is 0 Å². The van der Waals surface area contributed by atoms with E-state index >= 15 is 0 Å². The molecule has 2 N–H and O–H groups in total. The summed E-state index contributed by atoms with van der Waals surface area (Å²) in [4.78, 5) is 25.0. The Hall–Kier alpha value is -2.21. The molecule has 108 valence electrons. The molecule has 0 saturated carbocycles. The number of thiophene rings is 1. The minimum atomic E-state index is -0.575. The molecule has 0 bridgehead atoms. The molecule has 1 aliphatic heterocycles. The van der Waals surface area contributed by atoms with E-state index in [0.717, 1.165) is 4.88 Å². The number of rotatable bonds is 3. The minimum Gasteiger partial charge on any atom is -0.351 e. The predicted molar refractivity (Wildman–Crippen MR) is 78.6 cm³/mol. The van der Waals surface area contributed by atoms with Crippen LogP contribution in [0.25, 0.3) is 0 Å². The Morgan fingerprint density at radius 3 is 3.05 bits per heavy atom. The van der Waals surface area contributed by atoms with Gasteiger partial charge in [0.1, 0.15) is 5.82 Å². The van der Waals surface area contributed by atoms with Crippen LogP contribution in [0.3, 0.4) is 0 Å². The molecule has 1 aromatic carbocycles. The Labute approximate surface area is 125 Å². The van der Waals surface area contributed by atoms with Crippen molar-refractivity contribution in [3.8, 4) is 0 Å². The number of carbonyl (C=O) groups is 2. The highest BCUT2D eigenvalue weighted by Gasteiger charge is 2.30. The third-order valence-corrected chi connectivity index (χ3v) is 4.26. The average molecular weight is 304 g/mol. The van der Waals surface area contributed by atoms with E-state index in [4.69, 9.17) is 0 Å². The van der Waals surface area contributed by atoms with Crippen LogP contribution >= 0.6 is 11.3 Å². The van der Waals surface area contributed by atoms with Gasteiger partial charge in [0.2, 0.25) is 11.8 Å². The van der Waals surface area contributed by atoms with Gasteiger partial charge < -0.3 is 10.6 Å². The number of anilines is 1. The standard InChI is InChI=1S/C15H13FN2O2S/c16-9-3-4-11-12(7-14(19)18-13(11)6-9)15(20)17-8-10-2-1-5-21-10/h1-6,12H,7-8H2,(H,17,20)(H,18,19)/t12-/m1/s1. The van der Waals surface area contributed by atoms with Crippen LogP contribution in [0.5, 0.6) is 0 Å². The summed E-state index contributed by atoms with van der Waals surface area (Å²) in [5.41, 5.74) is 1.03. The molecule has 21 heavy (non-hydrogen) atoms. The SMILES string of the molecule is O=C1C[C@@H](C(=O)NCc2cccs2)c2ccc(F)cc2N1. The Morgan fingerprint density at radius 2 is 2.29 bits per heavy atom. The molecule has 4 nitrogen and oxygen atoms in total. The van der Waals surface area contributed by atoms with Gasteiger partial charge in [-0.05, 0) is 29.1 Å². The van der Waals surface area contributed by atoms with Crippen molar-refractivity contribution < 1.29 is 14.0 Å². The molecule has 0 unspecified atom stereocenters. The first-order valence-electron chi connectivity index (χ1n) is 6.53. The number of halogens is 1. The molecule has 0 fully saturated rings. The minimum absolute atomic E-state index is 0.0783. The van der Waals surface area contributed by atoms with Crippen molar-refractivity contribution >= 4 is 28.8 Å². The van der Waals surface area contributed by atoms with E-state index in [-0.39, 0.29) is 18.2 Å². The molecular formula is C15H13FN2O2S. The van der Waals surface area contributed by atoms with Gasteiger partial charge in [0.05, 0.1) is 12.5 Å². The van der Waals surface area contributed by atoms with Crippen LogP contribution in [-0.4, -0.2) is 11.8 Å². The maximum Gasteiger partial charge on any atom is 0.228 e. The van der Waals surface area contributed by atoms with Gasteiger partial charge >= 0.3 is 0 Å². The van der Waals surface area contributed by atoms with E-state index in [1.807, 2.05) is 17.5 Å². The highest BCUT2D eigenvalue weighted by Crippen LogP contribution is 2.32. The fourth-order valence-electron chi connectivity index (χ4n) is 2.38. The lowest BCUT2D eigenvalue weighted by atomic mass is 9.89. The highest BCUT2D eigenvalue weighted by molar-refractivity contribution is 7.09. The maximum absolute atomic E-state index is 13.2. The van der Waals surface area contributed by atoms with Crippen molar-refractivity contribution in [1.29, 1.82) is 0 Å². The van der Waals surface area contributed by atoms with E-state index in [9.17, 15) is 14.0 Å². The summed E-state index contributed by atoms with van der Waals surface area (Å²) < 4.78 is 13.2. The van der Waals surface area contributed by atoms with Crippen molar-refractivity contribution in [1.82, 2.24) is 5.32 Å². The van der Waals surface area contributed by atoms with Crippen molar-refractivity contribution in [2.45, 2.75) is 18.9 Å². The molecule has 2 aromatic rings. The van der Waals surface area contributed by atoms with Crippen LogP contribution in [0.15, 0.2) is 35.7 Å². The van der Waals surface area contributed by atoms with Gasteiger partial charge in [-0.3, -0.25) is 9.59 Å². The number of benzene rings is 1. The largest absolute Gasteiger partial charge is 0.351 e. The second-order valence-electron chi connectivity index (χ2n) is 4.83. The number of amides is 2. The molecule has 6 heteroatoms. The van der Waals surface area contributed by atoms with Crippen molar-refractivity contribution in [2.75, 3.05) is 5.32 Å². The average Bonchev–Trinajstić information content (AvgIpc) is 2.96. The zero-order valence-electron chi connectivity index (χ0n) is 11.1. The number of nitrogens with one attached hydrogen (secondary N) is 2. The zero-order valence-corrected chi connectivity index (χ0v) is 11.9. The summed E-state index contributed by atoms with van der Waals surface area (Å²) in [7, 11) is 0. The quantitative estimate of drug-likeness (QED) is 0.916. The lowest BCUT2D eigenvalue weighted by Gasteiger charge is -2.24. The Balaban J connectivity index is 1.78. The van der Waals surface area contributed by atoms with Crippen LogP contribution in [0.4, 0.5) is 10.1 Å². The molecule has 1 aliphatic rings. The van der Waals surface area contributed by atoms with Gasteiger partial charge in [-0.1, -0.05) is 12.1 Å². The van der Waals surface area contributed by atoms with Gasteiger partial charge in [0.15, 0.2) is 0 Å². The lowest BCUT2D eigenvalue weighted by Crippen LogP contribution is -2.34. The smallest absolute Gasteiger partial charge is 0.228 e. The van der Waals surface area contributed by atoms with E-state index in [2.05, 4.69) is 10.6 Å². The summed E-state index contributed by atoms with van der Waals surface area (Å²) in [6.07, 6.45) is 0.0783. The Bertz CT molecular complexity index is 685. The van der Waals surface area contributed by atoms with Gasteiger partial charge in [-0.25, -0.2) is 4.39 Å². The molecule has 0 saturated heterocycles. The summed E-state index contributed by atoms with van der Waals surface area (Å²) in [5, 5.41) is 7.37. The number of hydrogen-bond donors (Lipinski definition) is 2. The fourth-order valence-corrected chi connectivity index (χ4v) is 3.03. The van der Waals surface area contributed by atoms with Crippen LogP contribution in [0, 0.1) is 5.82 Å². The second-order valence-corrected chi connectivity index (χ2v) is 5.87. The summed E-state index contributed by atoms with van der Waals surface area (Å²) in [6, 6.07) is 7.95. The first-order valence-corrected chi connectivity index (χ1v) is 7.41. The van der Waals surface area contributed by atoms with Gasteiger partial charge in [0, 0.05) is 17.0 Å². The monoisotopic (exact) mass is 304 g/mol. The van der Waals surface area contributed by atoms with Crippen LogP contribution in [0.1, 0.15) is 22.8 Å². The number of carbonyl (C=O) groups excluding carboxylic acids is 2. The summed E-state index contributed by atoms with van der Waals surface area (Å²) in [6.45, 7) is 0.436. The molecule has 0 aliphatic carbocycles. The summed E-state index contributed by atoms with van der Waals surface area (Å²) >= 11 is 1.56. The van der Waals surface area contributed by atoms with E-state index in [1.165, 1.54) is 12.1 Å². The Morgan fingerprint density at radius 1 is 1.43 bits per heavy atom. The van der Waals surface area contributed by atoms with E-state index in [1.54, 1.807) is 17.4 Å². The van der Waals surface area contributed by atoms with Gasteiger partial charge in [-0.15, -0.1) is 11.3 Å². The number of fused-ring (bicyclic) bond motifs is 1. The number of hydrogen-bond acceptors (Lipinski definition) is 3. The third-order valence-electron chi connectivity index (χ3n) is 3.39. The first-order chi connectivity index (χ1) is 10.1. The van der Waals surface area contributed by atoms with Crippen molar-refractivity contribution in [2.24, 2.45) is 0 Å². The molecule has 1 atom stereocenters. The first kappa shape index (κ1) is 13.8. The molecule has 2 amide bonds. The van der Waals surface area contributed by atoms with E-state index < -0.39 is 11.7 Å². The van der Waals surface area contributed by atoms with Crippen molar-refractivity contribution in [3.05, 3.63) is 52.0 Å². The fraction of sp³-hybridized carbons (Fsp3) is 0.200. The maximum atomic E-state index is 13.2. The Kier molecular flexibility index (Phi) is 3.70. The zero-order chi connectivity index (χ0) is 14.8. The van der Waals surface area contributed by atoms with Crippen LogP contribution < -0.4 is 10.6 Å². The molecule has 0 radical (unpaired) electrons. The molecule has 3 rings (SSSR count).